The lowest BCUT2D eigenvalue weighted by Gasteiger charge is -2.30. The van der Waals surface area contributed by atoms with E-state index in [0.29, 0.717) is 12.1 Å². The molecule has 0 radical (unpaired) electrons. The van der Waals surface area contributed by atoms with E-state index in [1.165, 1.54) is 6.92 Å². The second kappa shape index (κ2) is 11.1. The SMILES string of the molecule is CCOC(=O)N1c2ccc(C(F)(F)F)cc2C(CC(NC(=O)O)c2cc(C(F)(F)F)cc(C(F)(F)F)c2)C1CC. The average molecular weight is 586 g/mol. The average Bonchev–Trinajstić information content (AvgIpc) is 3.14. The third-order valence-electron chi connectivity index (χ3n) is 6.49. The maximum Gasteiger partial charge on any atom is 0.416 e. The lowest BCUT2D eigenvalue weighted by Crippen LogP contribution is -2.40. The summed E-state index contributed by atoms with van der Waals surface area (Å²) in [7, 11) is 0. The van der Waals surface area contributed by atoms with Gasteiger partial charge in [0.05, 0.1) is 35.0 Å². The first kappa shape index (κ1) is 30.9. The van der Waals surface area contributed by atoms with Crippen LogP contribution in [0.5, 0.6) is 0 Å². The summed E-state index contributed by atoms with van der Waals surface area (Å²) < 4.78 is 127. The number of nitrogens with one attached hydrogen (secondary N) is 1. The number of fused-ring (bicyclic) bond motifs is 1. The van der Waals surface area contributed by atoms with Crippen molar-refractivity contribution in [1.29, 1.82) is 0 Å². The Balaban J connectivity index is 2.20. The van der Waals surface area contributed by atoms with Crippen LogP contribution < -0.4 is 10.2 Å². The van der Waals surface area contributed by atoms with E-state index >= 15 is 0 Å². The van der Waals surface area contributed by atoms with Gasteiger partial charge in [-0.15, -0.1) is 0 Å². The molecule has 3 atom stereocenters. The Hall–Kier alpha value is -3.65. The highest BCUT2D eigenvalue weighted by atomic mass is 19.4. The number of nitrogens with zero attached hydrogens (tertiary/aromatic N) is 1. The number of carbonyl (C=O) groups excluding carboxylic acids is 1. The van der Waals surface area contributed by atoms with E-state index in [2.05, 4.69) is 0 Å². The lowest BCUT2D eigenvalue weighted by molar-refractivity contribution is -0.143. The van der Waals surface area contributed by atoms with Gasteiger partial charge in [0.2, 0.25) is 0 Å². The molecule has 0 fully saturated rings. The summed E-state index contributed by atoms with van der Waals surface area (Å²) in [6.07, 6.45) is -18.5. The lowest BCUT2D eigenvalue weighted by atomic mass is 9.84. The summed E-state index contributed by atoms with van der Waals surface area (Å²) in [5.74, 6) is -1.13. The molecule has 40 heavy (non-hydrogen) atoms. The van der Waals surface area contributed by atoms with Gasteiger partial charge in [-0.05, 0) is 67.3 Å². The zero-order valence-corrected chi connectivity index (χ0v) is 20.8. The van der Waals surface area contributed by atoms with Gasteiger partial charge < -0.3 is 15.2 Å². The Bertz CT molecular complexity index is 1230. The van der Waals surface area contributed by atoms with Crippen LogP contribution in [0, 0.1) is 0 Å². The number of ether oxygens (including phenoxy) is 1. The number of halogens is 9. The molecule has 2 aromatic carbocycles. The molecule has 0 bridgehead atoms. The zero-order chi connectivity index (χ0) is 30.2. The molecule has 1 heterocycles. The number of benzene rings is 2. The quantitative estimate of drug-likeness (QED) is 0.337. The predicted octanol–water partition coefficient (Wildman–Crippen LogP) is 7.98. The van der Waals surface area contributed by atoms with Crippen molar-refractivity contribution < 1.29 is 58.9 Å². The number of anilines is 1. The molecular weight excluding hydrogens is 563 g/mol. The van der Waals surface area contributed by atoms with E-state index in [9.17, 15) is 54.2 Å². The molecule has 6 nitrogen and oxygen atoms in total. The molecule has 15 heteroatoms. The van der Waals surface area contributed by atoms with Crippen molar-refractivity contribution in [2.75, 3.05) is 11.5 Å². The highest BCUT2D eigenvalue weighted by Gasteiger charge is 2.45. The summed E-state index contributed by atoms with van der Waals surface area (Å²) in [5, 5.41) is 11.3. The van der Waals surface area contributed by atoms with Crippen molar-refractivity contribution in [2.45, 2.75) is 63.2 Å². The second-order valence-corrected chi connectivity index (χ2v) is 9.00. The maximum absolute atomic E-state index is 13.5. The van der Waals surface area contributed by atoms with Crippen molar-refractivity contribution in [3.63, 3.8) is 0 Å². The van der Waals surface area contributed by atoms with Crippen LogP contribution in [-0.2, 0) is 23.3 Å². The predicted molar refractivity (Wildman–Crippen MR) is 123 cm³/mol. The van der Waals surface area contributed by atoms with Gasteiger partial charge in [-0.2, -0.15) is 39.5 Å². The van der Waals surface area contributed by atoms with E-state index in [1.54, 1.807) is 6.92 Å². The number of rotatable bonds is 6. The molecule has 2 aromatic rings. The van der Waals surface area contributed by atoms with E-state index in [0.717, 1.165) is 23.1 Å². The van der Waals surface area contributed by atoms with Crippen LogP contribution in [0.2, 0.25) is 0 Å². The molecule has 0 saturated heterocycles. The molecule has 3 unspecified atom stereocenters. The van der Waals surface area contributed by atoms with Crippen molar-refractivity contribution in [2.24, 2.45) is 0 Å². The largest absolute Gasteiger partial charge is 0.465 e. The number of hydrogen-bond donors (Lipinski definition) is 2. The third-order valence-corrected chi connectivity index (χ3v) is 6.49. The number of hydrogen-bond acceptors (Lipinski definition) is 3. The van der Waals surface area contributed by atoms with Crippen molar-refractivity contribution in [3.8, 4) is 0 Å². The van der Waals surface area contributed by atoms with Crippen molar-refractivity contribution >= 4 is 17.9 Å². The van der Waals surface area contributed by atoms with Crippen LogP contribution in [-0.4, -0.2) is 29.9 Å². The molecule has 1 aliphatic rings. The normalized spacial score (nSPS) is 18.3. The van der Waals surface area contributed by atoms with Crippen molar-refractivity contribution in [1.82, 2.24) is 5.32 Å². The topological polar surface area (TPSA) is 78.9 Å². The molecule has 220 valence electrons. The Morgan fingerprint density at radius 1 is 0.900 bits per heavy atom. The second-order valence-electron chi connectivity index (χ2n) is 9.00. The third kappa shape index (κ3) is 6.55. The van der Waals surface area contributed by atoms with Gasteiger partial charge in [-0.3, -0.25) is 4.90 Å². The van der Waals surface area contributed by atoms with Crippen LogP contribution in [0.15, 0.2) is 36.4 Å². The number of carboxylic acid groups (broad SMARTS) is 1. The monoisotopic (exact) mass is 586 g/mol. The Kier molecular flexibility index (Phi) is 8.56. The number of carbonyl (C=O) groups is 2. The van der Waals surface area contributed by atoms with E-state index in [-0.39, 0.29) is 30.3 Å². The molecule has 0 saturated carbocycles. The Morgan fingerprint density at radius 2 is 1.45 bits per heavy atom. The summed E-state index contributed by atoms with van der Waals surface area (Å²) in [6.45, 7) is 2.95. The first-order chi connectivity index (χ1) is 18.4. The van der Waals surface area contributed by atoms with Crippen LogP contribution in [0.4, 0.5) is 54.8 Å². The first-order valence-corrected chi connectivity index (χ1v) is 11.8. The van der Waals surface area contributed by atoms with Crippen LogP contribution in [0.25, 0.3) is 0 Å². The maximum atomic E-state index is 13.5. The highest BCUT2D eigenvalue weighted by molar-refractivity contribution is 5.92. The van der Waals surface area contributed by atoms with Gasteiger partial charge in [-0.1, -0.05) is 6.92 Å². The molecule has 0 aliphatic carbocycles. The molecule has 2 N–H and O–H groups in total. The van der Waals surface area contributed by atoms with Gasteiger partial charge in [0.15, 0.2) is 0 Å². The van der Waals surface area contributed by atoms with E-state index < -0.39 is 77.4 Å². The van der Waals surface area contributed by atoms with Gasteiger partial charge in [0.25, 0.3) is 0 Å². The summed E-state index contributed by atoms with van der Waals surface area (Å²) in [5.41, 5.74) is -5.30. The van der Waals surface area contributed by atoms with Gasteiger partial charge >= 0.3 is 30.7 Å². The molecular formula is C25H23F9N2O4. The summed E-state index contributed by atoms with van der Waals surface area (Å²) in [6, 6.07) is 0.350. The highest BCUT2D eigenvalue weighted by Crippen LogP contribution is 2.49. The Labute approximate surface area is 221 Å². The number of amides is 2. The molecule has 0 aromatic heterocycles. The number of alkyl halides is 9. The fourth-order valence-corrected chi connectivity index (χ4v) is 4.85. The molecule has 1 aliphatic heterocycles. The fraction of sp³-hybridized carbons (Fsp3) is 0.440. The smallest absolute Gasteiger partial charge is 0.416 e. The van der Waals surface area contributed by atoms with Gasteiger partial charge in [0, 0.05) is 12.0 Å². The van der Waals surface area contributed by atoms with Crippen LogP contribution in [0.3, 0.4) is 0 Å². The van der Waals surface area contributed by atoms with E-state index in [4.69, 9.17) is 4.74 Å². The minimum absolute atomic E-state index is 0.00241. The van der Waals surface area contributed by atoms with Gasteiger partial charge in [-0.25, -0.2) is 9.59 Å². The van der Waals surface area contributed by atoms with E-state index in [1.807, 2.05) is 5.32 Å². The van der Waals surface area contributed by atoms with Crippen LogP contribution in [0.1, 0.15) is 66.5 Å². The zero-order valence-electron chi connectivity index (χ0n) is 20.8. The standard InChI is InChI=1S/C25H23F9N2O4/c1-3-19-17(16-10-13(23(26,27)28)5-6-20(16)36(19)22(39)40-4-2)11-18(35-21(37)38)12-7-14(24(29,30)31)9-15(8-12)25(32,33)34/h5-10,17-19,35H,3-4,11H2,1-2H3,(H,37,38). The molecule has 2 amide bonds. The fourth-order valence-electron chi connectivity index (χ4n) is 4.85. The summed E-state index contributed by atoms with van der Waals surface area (Å²) >= 11 is 0. The first-order valence-electron chi connectivity index (χ1n) is 11.8. The Morgan fingerprint density at radius 3 is 1.90 bits per heavy atom. The van der Waals surface area contributed by atoms with Gasteiger partial charge in [0.1, 0.15) is 0 Å². The van der Waals surface area contributed by atoms with Crippen molar-refractivity contribution in [3.05, 3.63) is 64.2 Å². The molecule has 3 rings (SSSR count). The van der Waals surface area contributed by atoms with Crippen LogP contribution >= 0.6 is 0 Å². The summed E-state index contributed by atoms with van der Waals surface area (Å²) in [4.78, 5) is 25.4. The minimum Gasteiger partial charge on any atom is -0.465 e. The minimum atomic E-state index is -5.22. The molecule has 0 spiro atoms.